The van der Waals surface area contributed by atoms with E-state index < -0.39 is 0 Å². The second-order valence-electron chi connectivity index (χ2n) is 2.96. The Morgan fingerprint density at radius 3 is 3.00 bits per heavy atom. The third-order valence-corrected chi connectivity index (χ3v) is 2.81. The first-order chi connectivity index (χ1) is 6.72. The molecule has 2 rings (SSSR count). The Balaban J connectivity index is 2.61. The molecule has 14 heavy (non-hydrogen) atoms. The SMILES string of the molecule is NCCn1nc2cc(F)ccc2c1Br. The van der Waals surface area contributed by atoms with Gasteiger partial charge in [-0.3, -0.25) is 4.68 Å². The van der Waals surface area contributed by atoms with E-state index >= 15 is 0 Å². The maximum Gasteiger partial charge on any atom is 0.125 e. The lowest BCUT2D eigenvalue weighted by atomic mass is 10.2. The second-order valence-corrected chi connectivity index (χ2v) is 3.72. The van der Waals surface area contributed by atoms with Crippen molar-refractivity contribution >= 4 is 26.8 Å². The van der Waals surface area contributed by atoms with E-state index in [9.17, 15) is 4.39 Å². The highest BCUT2D eigenvalue weighted by molar-refractivity contribution is 9.10. The molecule has 0 aliphatic rings. The molecule has 1 aromatic carbocycles. The molecule has 2 N–H and O–H groups in total. The molecule has 0 bridgehead atoms. The van der Waals surface area contributed by atoms with Crippen LogP contribution in [0.4, 0.5) is 4.39 Å². The van der Waals surface area contributed by atoms with Crippen LogP contribution in [0.5, 0.6) is 0 Å². The summed E-state index contributed by atoms with van der Waals surface area (Å²) < 4.78 is 15.4. The minimum atomic E-state index is -0.276. The maximum atomic E-state index is 12.9. The summed E-state index contributed by atoms with van der Waals surface area (Å²) in [5.41, 5.74) is 6.07. The van der Waals surface area contributed by atoms with Crippen LogP contribution in [-0.2, 0) is 6.54 Å². The monoisotopic (exact) mass is 257 g/mol. The van der Waals surface area contributed by atoms with Crippen molar-refractivity contribution < 1.29 is 4.39 Å². The summed E-state index contributed by atoms with van der Waals surface area (Å²) in [6.45, 7) is 1.13. The maximum absolute atomic E-state index is 12.9. The first-order valence-electron chi connectivity index (χ1n) is 4.24. The number of benzene rings is 1. The van der Waals surface area contributed by atoms with Gasteiger partial charge < -0.3 is 5.73 Å². The molecule has 0 saturated heterocycles. The fourth-order valence-corrected chi connectivity index (χ4v) is 1.94. The molecular formula is C9H9BrFN3. The van der Waals surface area contributed by atoms with Gasteiger partial charge in [0.05, 0.1) is 12.1 Å². The molecule has 2 aromatic rings. The molecule has 1 aromatic heterocycles. The number of rotatable bonds is 2. The Bertz CT molecular complexity index is 466. The van der Waals surface area contributed by atoms with E-state index in [-0.39, 0.29) is 5.82 Å². The lowest BCUT2D eigenvalue weighted by Gasteiger charge is -1.97. The summed E-state index contributed by atoms with van der Waals surface area (Å²) in [5, 5.41) is 5.12. The Labute approximate surface area is 88.8 Å². The highest BCUT2D eigenvalue weighted by atomic mass is 79.9. The predicted octanol–water partition coefficient (Wildman–Crippen LogP) is 1.90. The molecule has 0 amide bonds. The van der Waals surface area contributed by atoms with Crippen molar-refractivity contribution in [2.24, 2.45) is 5.73 Å². The van der Waals surface area contributed by atoms with E-state index in [1.807, 2.05) is 0 Å². The number of aromatic nitrogens is 2. The number of nitrogens with two attached hydrogens (primary N) is 1. The van der Waals surface area contributed by atoms with Crippen molar-refractivity contribution in [3.05, 3.63) is 28.6 Å². The second kappa shape index (κ2) is 3.67. The third kappa shape index (κ3) is 1.53. The quantitative estimate of drug-likeness (QED) is 0.893. The van der Waals surface area contributed by atoms with E-state index in [1.165, 1.54) is 12.1 Å². The number of hydrogen-bond donors (Lipinski definition) is 1. The molecule has 0 radical (unpaired) electrons. The first-order valence-corrected chi connectivity index (χ1v) is 5.03. The van der Waals surface area contributed by atoms with Gasteiger partial charge in [-0.25, -0.2) is 4.39 Å². The molecule has 0 aliphatic heterocycles. The van der Waals surface area contributed by atoms with E-state index in [0.717, 1.165) is 9.99 Å². The van der Waals surface area contributed by atoms with Crippen LogP contribution >= 0.6 is 15.9 Å². The lowest BCUT2D eigenvalue weighted by Crippen LogP contribution is -2.10. The van der Waals surface area contributed by atoms with Crippen molar-refractivity contribution in [1.82, 2.24) is 9.78 Å². The zero-order valence-electron chi connectivity index (χ0n) is 7.37. The fraction of sp³-hybridized carbons (Fsp3) is 0.222. The van der Waals surface area contributed by atoms with Gasteiger partial charge in [0.1, 0.15) is 10.4 Å². The third-order valence-electron chi connectivity index (χ3n) is 1.98. The van der Waals surface area contributed by atoms with Gasteiger partial charge >= 0.3 is 0 Å². The molecule has 0 unspecified atom stereocenters. The fourth-order valence-electron chi connectivity index (χ4n) is 1.35. The molecule has 74 valence electrons. The van der Waals surface area contributed by atoms with Crippen LogP contribution in [0.25, 0.3) is 10.9 Å². The summed E-state index contributed by atoms with van der Waals surface area (Å²) in [5.74, 6) is -0.276. The zero-order valence-corrected chi connectivity index (χ0v) is 8.96. The molecule has 1 heterocycles. The zero-order chi connectivity index (χ0) is 10.1. The van der Waals surface area contributed by atoms with Crippen molar-refractivity contribution in [1.29, 1.82) is 0 Å². The summed E-state index contributed by atoms with van der Waals surface area (Å²) in [4.78, 5) is 0. The van der Waals surface area contributed by atoms with Gasteiger partial charge in [0.2, 0.25) is 0 Å². The van der Waals surface area contributed by atoms with Crippen LogP contribution in [0, 0.1) is 5.82 Å². The van der Waals surface area contributed by atoms with Crippen LogP contribution in [-0.4, -0.2) is 16.3 Å². The normalized spacial score (nSPS) is 11.1. The Kier molecular flexibility index (Phi) is 2.52. The molecule has 0 fully saturated rings. The van der Waals surface area contributed by atoms with Gasteiger partial charge in [-0.15, -0.1) is 0 Å². The molecule has 0 atom stereocenters. The van der Waals surface area contributed by atoms with Gasteiger partial charge in [0, 0.05) is 18.0 Å². The number of halogens is 2. The smallest absolute Gasteiger partial charge is 0.125 e. The van der Waals surface area contributed by atoms with Gasteiger partial charge in [0.15, 0.2) is 0 Å². The summed E-state index contributed by atoms with van der Waals surface area (Å²) in [6.07, 6.45) is 0. The highest BCUT2D eigenvalue weighted by Gasteiger charge is 2.08. The molecule has 0 aliphatic carbocycles. The Morgan fingerprint density at radius 1 is 1.50 bits per heavy atom. The highest BCUT2D eigenvalue weighted by Crippen LogP contribution is 2.23. The lowest BCUT2D eigenvalue weighted by molar-refractivity contribution is 0.616. The average Bonchev–Trinajstić information content (AvgIpc) is 2.44. The van der Waals surface area contributed by atoms with E-state index in [1.54, 1.807) is 10.7 Å². The van der Waals surface area contributed by atoms with Crippen LogP contribution < -0.4 is 5.73 Å². The molecule has 3 nitrogen and oxygen atoms in total. The molecule has 5 heteroatoms. The largest absolute Gasteiger partial charge is 0.329 e. The topological polar surface area (TPSA) is 43.8 Å². The molecule has 0 spiro atoms. The van der Waals surface area contributed by atoms with Crippen molar-refractivity contribution in [2.75, 3.05) is 6.54 Å². The van der Waals surface area contributed by atoms with Crippen molar-refractivity contribution in [3.63, 3.8) is 0 Å². The van der Waals surface area contributed by atoms with Crippen LogP contribution in [0.2, 0.25) is 0 Å². The van der Waals surface area contributed by atoms with Crippen molar-refractivity contribution in [3.8, 4) is 0 Å². The summed E-state index contributed by atoms with van der Waals surface area (Å²) >= 11 is 3.40. The van der Waals surface area contributed by atoms with Gasteiger partial charge in [-0.1, -0.05) is 0 Å². The minimum absolute atomic E-state index is 0.276. The van der Waals surface area contributed by atoms with E-state index in [0.29, 0.717) is 18.6 Å². The Morgan fingerprint density at radius 2 is 2.29 bits per heavy atom. The Hall–Kier alpha value is -0.940. The minimum Gasteiger partial charge on any atom is -0.329 e. The summed E-state index contributed by atoms with van der Waals surface area (Å²) in [6, 6.07) is 4.53. The number of fused-ring (bicyclic) bond motifs is 1. The first kappa shape index (κ1) is 9.61. The predicted molar refractivity (Wildman–Crippen MR) is 56.4 cm³/mol. The van der Waals surface area contributed by atoms with Crippen LogP contribution in [0.3, 0.4) is 0 Å². The summed E-state index contributed by atoms with van der Waals surface area (Å²) in [7, 11) is 0. The van der Waals surface area contributed by atoms with E-state index in [2.05, 4.69) is 21.0 Å². The van der Waals surface area contributed by atoms with Gasteiger partial charge in [-0.05, 0) is 28.1 Å². The number of nitrogens with zero attached hydrogens (tertiary/aromatic N) is 2. The average molecular weight is 258 g/mol. The molecule has 0 saturated carbocycles. The van der Waals surface area contributed by atoms with Gasteiger partial charge in [0.25, 0.3) is 0 Å². The van der Waals surface area contributed by atoms with Crippen LogP contribution in [0.15, 0.2) is 22.8 Å². The van der Waals surface area contributed by atoms with Gasteiger partial charge in [-0.2, -0.15) is 5.10 Å². The standard InChI is InChI=1S/C9H9BrFN3/c10-9-7-2-1-6(11)5-8(7)13-14(9)4-3-12/h1-2,5H,3-4,12H2. The van der Waals surface area contributed by atoms with Crippen molar-refractivity contribution in [2.45, 2.75) is 6.54 Å². The van der Waals surface area contributed by atoms with E-state index in [4.69, 9.17) is 5.73 Å². The number of hydrogen-bond acceptors (Lipinski definition) is 2. The molecular weight excluding hydrogens is 249 g/mol. The van der Waals surface area contributed by atoms with Crippen LogP contribution in [0.1, 0.15) is 0 Å².